The maximum atomic E-state index is 12.9. The van der Waals surface area contributed by atoms with E-state index in [1.165, 1.54) is 17.9 Å². The molecule has 1 aliphatic heterocycles. The predicted molar refractivity (Wildman–Crippen MR) is 93.1 cm³/mol. The lowest BCUT2D eigenvalue weighted by molar-refractivity contribution is -0.142. The molecule has 8 nitrogen and oxygen atoms in total. The van der Waals surface area contributed by atoms with Gasteiger partial charge in [0.05, 0.1) is 17.0 Å². The van der Waals surface area contributed by atoms with E-state index in [1.807, 2.05) is 6.07 Å². The molecule has 28 heavy (non-hydrogen) atoms. The average Bonchev–Trinajstić information content (AvgIpc) is 3.00. The number of halogens is 3. The zero-order valence-corrected chi connectivity index (χ0v) is 16.1. The highest BCUT2D eigenvalue weighted by molar-refractivity contribution is 7.91. The highest BCUT2D eigenvalue weighted by Gasteiger charge is 2.49. The molecule has 2 fully saturated rings. The minimum absolute atomic E-state index is 0.0305. The second-order valence-corrected chi connectivity index (χ2v) is 9.78. The first-order valence-electron chi connectivity index (χ1n) is 8.63. The van der Waals surface area contributed by atoms with E-state index in [-0.39, 0.29) is 18.8 Å². The summed E-state index contributed by atoms with van der Waals surface area (Å²) >= 11 is 0. The molecule has 2 aliphatic rings. The van der Waals surface area contributed by atoms with Gasteiger partial charge in [0.2, 0.25) is 5.91 Å². The molecule has 1 aliphatic carbocycles. The van der Waals surface area contributed by atoms with Crippen LogP contribution in [0.2, 0.25) is 0 Å². The Kier molecular flexibility index (Phi) is 4.85. The molecule has 2 atom stereocenters. The van der Waals surface area contributed by atoms with Crippen LogP contribution in [0.25, 0.3) is 0 Å². The van der Waals surface area contributed by atoms with Crippen LogP contribution in [0.5, 0.6) is 0 Å². The molecule has 0 bridgehead atoms. The van der Waals surface area contributed by atoms with E-state index in [1.54, 1.807) is 0 Å². The Labute approximate surface area is 160 Å². The van der Waals surface area contributed by atoms with Gasteiger partial charge in [-0.25, -0.2) is 13.1 Å². The Morgan fingerprint density at radius 1 is 1.46 bits per heavy atom. The Bertz CT molecular complexity index is 930. The normalized spacial score (nSPS) is 24.1. The lowest BCUT2D eigenvalue weighted by Gasteiger charge is -2.27. The predicted octanol–water partition coefficient (Wildman–Crippen LogP) is 0.918. The molecule has 1 saturated heterocycles. The number of hydrogen-bond acceptors (Lipinski definition) is 6. The van der Waals surface area contributed by atoms with E-state index >= 15 is 0 Å². The monoisotopic (exact) mass is 419 g/mol. The van der Waals surface area contributed by atoms with Crippen LogP contribution in [0.4, 0.5) is 19.0 Å². The van der Waals surface area contributed by atoms with Crippen molar-refractivity contribution in [1.29, 1.82) is 5.26 Å². The largest absolute Gasteiger partial charge is 0.408 e. The summed E-state index contributed by atoms with van der Waals surface area (Å²) in [5.74, 6) is -0.537. The van der Waals surface area contributed by atoms with Gasteiger partial charge in [-0.1, -0.05) is 0 Å². The van der Waals surface area contributed by atoms with Crippen molar-refractivity contribution in [1.82, 2.24) is 15.1 Å². The summed E-state index contributed by atoms with van der Waals surface area (Å²) in [6, 6.07) is 2.41. The second-order valence-electron chi connectivity index (χ2n) is 7.46. The van der Waals surface area contributed by atoms with Crippen molar-refractivity contribution in [3.05, 3.63) is 11.8 Å². The first kappa shape index (κ1) is 20.4. The third-order valence-corrected chi connectivity index (χ3v) is 6.55. The van der Waals surface area contributed by atoms with E-state index in [2.05, 4.69) is 10.4 Å². The minimum atomic E-state index is -4.53. The van der Waals surface area contributed by atoms with Gasteiger partial charge in [0.1, 0.15) is 23.9 Å². The molecule has 3 rings (SSSR count). The van der Waals surface area contributed by atoms with Crippen LogP contribution in [-0.4, -0.2) is 59.9 Å². The smallest absolute Gasteiger partial charge is 0.343 e. The van der Waals surface area contributed by atoms with Gasteiger partial charge >= 0.3 is 6.18 Å². The molecule has 1 aromatic rings. The summed E-state index contributed by atoms with van der Waals surface area (Å²) in [5, 5.41) is 14.7. The Hall–Kier alpha value is -2.29. The maximum Gasteiger partial charge on any atom is 0.408 e. The van der Waals surface area contributed by atoms with Crippen molar-refractivity contribution < 1.29 is 26.4 Å². The number of carbonyl (C=O) groups excluding carboxylic acids is 1. The van der Waals surface area contributed by atoms with Crippen molar-refractivity contribution in [3.63, 3.8) is 0 Å². The molecule has 12 heteroatoms. The Balaban J connectivity index is 1.94. The molecule has 1 saturated carbocycles. The SMILES string of the molecule is Cc1cc(N2C[C@H](S(C)(=O)=O)C[C@H]2C(=O)NC2(C#N)CC2)n(CC(F)(F)F)n1. The van der Waals surface area contributed by atoms with Crippen molar-refractivity contribution in [3.8, 4) is 6.07 Å². The van der Waals surface area contributed by atoms with Gasteiger partial charge < -0.3 is 10.2 Å². The molecular weight excluding hydrogens is 399 g/mol. The molecule has 154 valence electrons. The number of carbonyl (C=O) groups is 1. The van der Waals surface area contributed by atoms with Crippen LogP contribution >= 0.6 is 0 Å². The number of amides is 1. The number of alkyl halides is 3. The van der Waals surface area contributed by atoms with Crippen molar-refractivity contribution in [2.75, 3.05) is 17.7 Å². The van der Waals surface area contributed by atoms with Crippen LogP contribution in [0, 0.1) is 18.3 Å². The molecule has 2 heterocycles. The Morgan fingerprint density at radius 3 is 2.61 bits per heavy atom. The fourth-order valence-electron chi connectivity index (χ4n) is 3.37. The quantitative estimate of drug-likeness (QED) is 0.760. The van der Waals surface area contributed by atoms with Gasteiger partial charge in [0, 0.05) is 18.9 Å². The Morgan fingerprint density at radius 2 is 2.11 bits per heavy atom. The number of anilines is 1. The van der Waals surface area contributed by atoms with Crippen molar-refractivity contribution in [2.45, 2.75) is 55.7 Å². The number of nitrogens with one attached hydrogen (secondary N) is 1. The fraction of sp³-hybridized carbons (Fsp3) is 0.688. The summed E-state index contributed by atoms with van der Waals surface area (Å²) in [4.78, 5) is 14.1. The van der Waals surface area contributed by atoms with E-state index < -0.39 is 45.3 Å². The molecule has 1 N–H and O–H groups in total. The van der Waals surface area contributed by atoms with E-state index in [0.29, 0.717) is 18.5 Å². The summed E-state index contributed by atoms with van der Waals surface area (Å²) in [6.07, 6.45) is -2.58. The van der Waals surface area contributed by atoms with E-state index in [9.17, 15) is 31.6 Å². The van der Waals surface area contributed by atoms with Crippen molar-refractivity contribution in [2.24, 2.45) is 0 Å². The van der Waals surface area contributed by atoms with Gasteiger partial charge in [0.15, 0.2) is 9.84 Å². The van der Waals surface area contributed by atoms with Gasteiger partial charge in [-0.15, -0.1) is 0 Å². The molecule has 0 aromatic carbocycles. The van der Waals surface area contributed by atoms with E-state index in [0.717, 1.165) is 10.9 Å². The first-order chi connectivity index (χ1) is 12.8. The minimum Gasteiger partial charge on any atom is -0.343 e. The highest BCUT2D eigenvalue weighted by atomic mass is 32.2. The zero-order chi connectivity index (χ0) is 20.9. The lowest BCUT2D eigenvalue weighted by atomic mass is 10.1. The van der Waals surface area contributed by atoms with Crippen LogP contribution in [0.1, 0.15) is 25.0 Å². The summed E-state index contributed by atoms with van der Waals surface area (Å²) in [6.45, 7) is 0.0383. The van der Waals surface area contributed by atoms with Gasteiger partial charge in [-0.2, -0.15) is 23.5 Å². The van der Waals surface area contributed by atoms with Crippen LogP contribution in [0.3, 0.4) is 0 Å². The number of sulfone groups is 1. The van der Waals surface area contributed by atoms with Gasteiger partial charge in [-0.05, 0) is 26.2 Å². The number of rotatable bonds is 5. The van der Waals surface area contributed by atoms with Gasteiger partial charge in [-0.3, -0.25) is 4.79 Å². The third-order valence-electron chi connectivity index (χ3n) is 5.00. The highest BCUT2D eigenvalue weighted by Crippen LogP contribution is 2.36. The number of nitriles is 1. The molecular formula is C16H20F3N5O3S. The lowest BCUT2D eigenvalue weighted by Crippen LogP contribution is -2.48. The molecule has 0 spiro atoms. The number of aryl methyl sites for hydroxylation is 1. The van der Waals surface area contributed by atoms with E-state index in [4.69, 9.17) is 0 Å². The number of nitrogens with zero attached hydrogens (tertiary/aromatic N) is 4. The number of aromatic nitrogens is 2. The average molecular weight is 419 g/mol. The molecule has 1 amide bonds. The van der Waals surface area contributed by atoms with Crippen LogP contribution < -0.4 is 10.2 Å². The topological polar surface area (TPSA) is 108 Å². The standard InChI is InChI=1S/C16H20F3N5O3S/c1-10-5-13(24(22-10)9-16(17,18)19)23-7-11(28(2,26)27)6-12(23)14(25)21-15(8-20)3-4-15/h5,11-12H,3-4,6-7,9H2,1-2H3,(H,21,25)/t11-,12+/m1/s1. The summed E-state index contributed by atoms with van der Waals surface area (Å²) in [7, 11) is -3.52. The summed E-state index contributed by atoms with van der Waals surface area (Å²) in [5.41, 5.74) is -0.648. The van der Waals surface area contributed by atoms with Crippen molar-refractivity contribution >= 4 is 21.6 Å². The number of hydrogen-bond donors (Lipinski definition) is 1. The maximum absolute atomic E-state index is 12.9. The third kappa shape index (κ3) is 4.24. The second kappa shape index (κ2) is 6.65. The van der Waals surface area contributed by atoms with Crippen LogP contribution in [0.15, 0.2) is 6.07 Å². The fourth-order valence-corrected chi connectivity index (χ4v) is 4.33. The van der Waals surface area contributed by atoms with Gasteiger partial charge in [0.25, 0.3) is 0 Å². The zero-order valence-electron chi connectivity index (χ0n) is 15.3. The molecule has 0 unspecified atom stereocenters. The van der Waals surface area contributed by atoms with Crippen LogP contribution in [-0.2, 0) is 21.2 Å². The molecule has 1 aromatic heterocycles. The summed E-state index contributed by atoms with van der Waals surface area (Å²) < 4.78 is 63.6. The first-order valence-corrected chi connectivity index (χ1v) is 10.6. The molecule has 0 radical (unpaired) electrons.